The molecule has 5 nitrogen and oxygen atoms in total. The third-order valence-electron chi connectivity index (χ3n) is 4.55. The van der Waals surface area contributed by atoms with Crippen molar-refractivity contribution < 1.29 is 9.18 Å². The van der Waals surface area contributed by atoms with Gasteiger partial charge in [-0.05, 0) is 31.0 Å². The van der Waals surface area contributed by atoms with Crippen LogP contribution in [0, 0.1) is 5.82 Å². The van der Waals surface area contributed by atoms with Crippen molar-refractivity contribution in [2.24, 2.45) is 0 Å². The van der Waals surface area contributed by atoms with Gasteiger partial charge in [-0.3, -0.25) is 4.79 Å². The van der Waals surface area contributed by atoms with Gasteiger partial charge in [-0.25, -0.2) is 4.39 Å². The first kappa shape index (κ1) is 16.2. The van der Waals surface area contributed by atoms with Crippen LogP contribution in [0.15, 0.2) is 24.3 Å². The van der Waals surface area contributed by atoms with E-state index in [-0.39, 0.29) is 11.7 Å². The van der Waals surface area contributed by atoms with Crippen LogP contribution in [-0.2, 0) is 19.4 Å². The molecule has 3 heterocycles. The number of benzene rings is 1. The van der Waals surface area contributed by atoms with Crippen molar-refractivity contribution in [3.63, 3.8) is 0 Å². The molecule has 25 heavy (non-hydrogen) atoms. The summed E-state index contributed by atoms with van der Waals surface area (Å²) in [7, 11) is 0. The molecule has 0 atom stereocenters. The Balaban J connectivity index is 1.40. The minimum Gasteiger partial charge on any atom is -0.351 e. The maximum absolute atomic E-state index is 13.8. The van der Waals surface area contributed by atoms with Gasteiger partial charge >= 0.3 is 0 Å². The third-order valence-corrected chi connectivity index (χ3v) is 5.65. The van der Waals surface area contributed by atoms with E-state index >= 15 is 0 Å². The summed E-state index contributed by atoms with van der Waals surface area (Å²) in [6, 6.07) is 6.51. The topological polar surface area (TPSA) is 59.8 Å². The molecule has 0 unspecified atom stereocenters. The van der Waals surface area contributed by atoms with Gasteiger partial charge in [0.2, 0.25) is 0 Å². The number of rotatable bonds is 4. The second kappa shape index (κ2) is 6.92. The highest BCUT2D eigenvalue weighted by Gasteiger charge is 2.16. The molecule has 1 N–H and O–H groups in total. The molecule has 0 bridgehead atoms. The number of aromatic nitrogens is 3. The number of hydrogen-bond acceptors (Lipinski definition) is 4. The first-order valence-corrected chi connectivity index (χ1v) is 9.41. The second-order valence-corrected chi connectivity index (χ2v) is 7.35. The van der Waals surface area contributed by atoms with Gasteiger partial charge in [0.1, 0.15) is 17.5 Å². The number of hydrogen-bond donors (Lipinski definition) is 1. The number of halogens is 1. The Morgan fingerprint density at radius 3 is 3.08 bits per heavy atom. The molecule has 3 aromatic rings. The van der Waals surface area contributed by atoms with Crippen LogP contribution in [0.4, 0.5) is 4.39 Å². The maximum atomic E-state index is 13.8. The highest BCUT2D eigenvalue weighted by Crippen LogP contribution is 2.27. The van der Waals surface area contributed by atoms with Crippen molar-refractivity contribution in [1.82, 2.24) is 20.1 Å². The molecule has 0 fully saturated rings. The predicted octanol–water partition coefficient (Wildman–Crippen LogP) is 3.33. The number of thiophene rings is 1. The van der Waals surface area contributed by atoms with Crippen LogP contribution >= 0.6 is 11.3 Å². The number of nitrogens with zero attached hydrogens (tertiary/aromatic N) is 3. The van der Waals surface area contributed by atoms with E-state index < -0.39 is 0 Å². The van der Waals surface area contributed by atoms with Gasteiger partial charge in [-0.1, -0.05) is 12.5 Å². The summed E-state index contributed by atoms with van der Waals surface area (Å²) in [6.07, 6.45) is 5.17. The van der Waals surface area contributed by atoms with Crippen LogP contribution in [0.5, 0.6) is 0 Å². The number of amides is 1. The number of carbonyl (C=O) groups is 1. The van der Waals surface area contributed by atoms with Crippen molar-refractivity contribution in [2.45, 2.75) is 38.6 Å². The summed E-state index contributed by atoms with van der Waals surface area (Å²) < 4.78 is 16.7. The minimum atomic E-state index is -0.293. The summed E-state index contributed by atoms with van der Waals surface area (Å²) >= 11 is 1.31. The van der Waals surface area contributed by atoms with Crippen molar-refractivity contribution in [2.75, 3.05) is 6.54 Å². The largest absolute Gasteiger partial charge is 0.351 e. The van der Waals surface area contributed by atoms with Gasteiger partial charge in [-0.15, -0.1) is 21.5 Å². The van der Waals surface area contributed by atoms with Gasteiger partial charge in [0, 0.05) is 36.0 Å². The highest BCUT2D eigenvalue weighted by molar-refractivity contribution is 7.20. The fourth-order valence-electron chi connectivity index (χ4n) is 3.24. The zero-order chi connectivity index (χ0) is 17.2. The molecule has 130 valence electrons. The lowest BCUT2D eigenvalue weighted by atomic mass is 10.2. The predicted molar refractivity (Wildman–Crippen MR) is 95.4 cm³/mol. The van der Waals surface area contributed by atoms with Gasteiger partial charge in [0.05, 0.1) is 4.88 Å². The van der Waals surface area contributed by atoms with Crippen LogP contribution in [0.2, 0.25) is 0 Å². The smallest absolute Gasteiger partial charge is 0.261 e. The monoisotopic (exact) mass is 358 g/mol. The Labute approximate surface area is 148 Å². The molecule has 2 aromatic heterocycles. The quantitative estimate of drug-likeness (QED) is 0.778. The summed E-state index contributed by atoms with van der Waals surface area (Å²) in [6.45, 7) is 1.45. The molecule has 1 aliphatic heterocycles. The first-order valence-electron chi connectivity index (χ1n) is 8.59. The normalized spacial score (nSPS) is 14.3. The Morgan fingerprint density at radius 1 is 1.28 bits per heavy atom. The Hall–Kier alpha value is -2.28. The molecule has 0 spiro atoms. The molecule has 0 aliphatic carbocycles. The lowest BCUT2D eigenvalue weighted by molar-refractivity contribution is 0.0958. The summed E-state index contributed by atoms with van der Waals surface area (Å²) in [4.78, 5) is 12.9. The zero-order valence-corrected chi connectivity index (χ0v) is 14.6. The minimum absolute atomic E-state index is 0.170. The molecular weight excluding hydrogens is 339 g/mol. The van der Waals surface area contributed by atoms with Gasteiger partial charge in [0.25, 0.3) is 5.91 Å². The molecule has 0 saturated heterocycles. The molecule has 0 radical (unpaired) electrons. The molecule has 1 amide bonds. The summed E-state index contributed by atoms with van der Waals surface area (Å²) in [5.41, 5.74) is 0. The summed E-state index contributed by atoms with van der Waals surface area (Å²) in [5.74, 6) is 1.52. The van der Waals surface area contributed by atoms with E-state index in [0.29, 0.717) is 23.2 Å². The lowest BCUT2D eigenvalue weighted by Gasteiger charge is -2.07. The Morgan fingerprint density at radius 2 is 2.20 bits per heavy atom. The van der Waals surface area contributed by atoms with E-state index in [0.717, 1.165) is 42.2 Å². The standard InChI is InChI=1S/C18H19FN4OS/c19-13-5-4-6-14-12(13)11-15(25-14)18(24)20-9-8-17-22-21-16-7-2-1-3-10-23(16)17/h4-6,11H,1-3,7-10H2,(H,20,24). The molecule has 4 rings (SSSR count). The van der Waals surface area contributed by atoms with E-state index in [1.54, 1.807) is 12.1 Å². The van der Waals surface area contributed by atoms with Gasteiger partial charge < -0.3 is 9.88 Å². The van der Waals surface area contributed by atoms with Crippen LogP contribution < -0.4 is 5.32 Å². The van der Waals surface area contributed by atoms with Gasteiger partial charge in [-0.2, -0.15) is 0 Å². The zero-order valence-electron chi connectivity index (χ0n) is 13.8. The summed E-state index contributed by atoms with van der Waals surface area (Å²) in [5, 5.41) is 12.0. The third kappa shape index (κ3) is 3.28. The van der Waals surface area contributed by atoms with Crippen LogP contribution in [-0.4, -0.2) is 27.2 Å². The fraction of sp³-hybridized carbons (Fsp3) is 0.389. The SMILES string of the molecule is O=C(NCCc1nnc2n1CCCCC2)c1cc2c(F)cccc2s1. The van der Waals surface area contributed by atoms with Crippen LogP contribution in [0.3, 0.4) is 0 Å². The molecule has 1 aromatic carbocycles. The van der Waals surface area contributed by atoms with Crippen molar-refractivity contribution in [1.29, 1.82) is 0 Å². The fourth-order valence-corrected chi connectivity index (χ4v) is 4.23. The molecule has 7 heteroatoms. The number of fused-ring (bicyclic) bond motifs is 2. The Bertz CT molecular complexity index is 917. The molecule has 0 saturated carbocycles. The highest BCUT2D eigenvalue weighted by atomic mass is 32.1. The van der Waals surface area contributed by atoms with Crippen molar-refractivity contribution >= 4 is 27.3 Å². The number of nitrogens with one attached hydrogen (secondary N) is 1. The van der Waals surface area contributed by atoms with Crippen LogP contribution in [0.25, 0.3) is 10.1 Å². The van der Waals surface area contributed by atoms with E-state index in [9.17, 15) is 9.18 Å². The maximum Gasteiger partial charge on any atom is 0.261 e. The van der Waals surface area contributed by atoms with Gasteiger partial charge in [0.15, 0.2) is 0 Å². The van der Waals surface area contributed by atoms with Crippen molar-refractivity contribution in [3.8, 4) is 0 Å². The average Bonchev–Trinajstić information content (AvgIpc) is 3.13. The Kier molecular flexibility index (Phi) is 4.48. The molecule has 1 aliphatic rings. The van der Waals surface area contributed by atoms with Crippen molar-refractivity contribution in [3.05, 3.63) is 46.6 Å². The van der Waals surface area contributed by atoms with E-state index in [1.165, 1.54) is 23.8 Å². The molecular formula is C18H19FN4OS. The first-order chi connectivity index (χ1) is 12.2. The van der Waals surface area contributed by atoms with E-state index in [4.69, 9.17) is 0 Å². The van der Waals surface area contributed by atoms with E-state index in [1.807, 2.05) is 6.07 Å². The van der Waals surface area contributed by atoms with Crippen LogP contribution in [0.1, 0.15) is 40.6 Å². The number of aryl methyl sites for hydroxylation is 1. The second-order valence-electron chi connectivity index (χ2n) is 6.26. The lowest BCUT2D eigenvalue weighted by Crippen LogP contribution is -2.25. The number of carbonyl (C=O) groups excluding carboxylic acids is 1. The van der Waals surface area contributed by atoms with E-state index in [2.05, 4.69) is 20.1 Å². The average molecular weight is 358 g/mol.